The van der Waals surface area contributed by atoms with Gasteiger partial charge in [0.25, 0.3) is 0 Å². The molecule has 3 heterocycles. The van der Waals surface area contributed by atoms with Crippen molar-refractivity contribution in [1.82, 2.24) is 19.3 Å². The molecule has 4 aromatic carbocycles. The van der Waals surface area contributed by atoms with Gasteiger partial charge in [-0.25, -0.2) is 4.98 Å². The van der Waals surface area contributed by atoms with Crippen molar-refractivity contribution < 1.29 is 25.8 Å². The van der Waals surface area contributed by atoms with Gasteiger partial charge in [-0.15, -0.1) is 35.7 Å². The molecule has 0 N–H and O–H groups in total. The maximum atomic E-state index is 6.52. The molecule has 0 aliphatic rings. The van der Waals surface area contributed by atoms with E-state index in [2.05, 4.69) is 119 Å². The Morgan fingerprint density at radius 1 is 0.788 bits per heavy atom. The smallest absolute Gasteiger partial charge is 0.509 e. The van der Waals surface area contributed by atoms with E-state index in [0.717, 1.165) is 63.3 Å². The van der Waals surface area contributed by atoms with E-state index in [1.807, 2.05) is 41.2 Å². The van der Waals surface area contributed by atoms with Crippen molar-refractivity contribution in [3.05, 3.63) is 132 Å². The summed E-state index contributed by atoms with van der Waals surface area (Å²) < 4.78 is 10.7. The monoisotopic (exact) mass is 867 g/mol. The van der Waals surface area contributed by atoms with E-state index in [1.54, 1.807) is 0 Å². The Kier molecular flexibility index (Phi) is 11.8. The minimum atomic E-state index is 0. The quantitative estimate of drug-likeness (QED) is 0.0857. The van der Waals surface area contributed by atoms with Crippen LogP contribution in [0.25, 0.3) is 44.4 Å². The Hall–Kier alpha value is -4.47. The molecule has 0 saturated heterocycles. The molecule has 0 radical (unpaired) electrons. The number of hydrogen-bond acceptors (Lipinski definition) is 3. The average Bonchev–Trinajstić information content (AvgIpc) is 3.63. The van der Waals surface area contributed by atoms with Crippen LogP contribution in [-0.2, 0) is 27.5 Å². The van der Waals surface area contributed by atoms with Gasteiger partial charge in [0.05, 0.1) is 5.69 Å². The minimum Gasteiger partial charge on any atom is -0.509 e. The molecule has 0 aliphatic heterocycles. The topological polar surface area (TPSA) is 44.9 Å². The first-order chi connectivity index (χ1) is 24.8. The third kappa shape index (κ3) is 7.81. The molecular weight excluding hydrogens is 820 g/mol. The molecule has 0 bridgehead atoms. The SMILES string of the molecule is CCCCCC(C)c1ccc2c(c1)c1ccc(Oc3[c-]c(-n4nc(C)c(-c5ccccc5)c4C)ccc3)[c-]c1n2-c1cc(CCC(C)C)ccn1.[Pt+2]. The van der Waals surface area contributed by atoms with Gasteiger partial charge in [0.2, 0.25) is 0 Å². The van der Waals surface area contributed by atoms with E-state index in [-0.39, 0.29) is 21.1 Å². The van der Waals surface area contributed by atoms with Crippen molar-refractivity contribution in [1.29, 1.82) is 0 Å². The van der Waals surface area contributed by atoms with Crippen molar-refractivity contribution in [2.75, 3.05) is 0 Å². The van der Waals surface area contributed by atoms with E-state index in [4.69, 9.17) is 14.8 Å². The van der Waals surface area contributed by atoms with E-state index in [9.17, 15) is 0 Å². The van der Waals surface area contributed by atoms with E-state index < -0.39 is 0 Å². The number of benzene rings is 4. The molecule has 1 atom stereocenters. The fourth-order valence-electron chi connectivity index (χ4n) is 7.24. The van der Waals surface area contributed by atoms with Crippen LogP contribution in [0.5, 0.6) is 11.5 Å². The van der Waals surface area contributed by atoms with Crippen LogP contribution in [0.1, 0.15) is 88.2 Å². The number of hydrogen-bond donors (Lipinski definition) is 0. The third-order valence-corrected chi connectivity index (χ3v) is 10.1. The van der Waals surface area contributed by atoms with E-state index >= 15 is 0 Å². The Morgan fingerprint density at radius 2 is 1.60 bits per heavy atom. The average molecular weight is 868 g/mol. The zero-order valence-corrected chi connectivity index (χ0v) is 33.4. The second-order valence-corrected chi connectivity index (χ2v) is 14.4. The Morgan fingerprint density at radius 3 is 2.38 bits per heavy atom. The molecular formula is C46H48N4OPt. The Balaban J connectivity index is 0.00000464. The number of nitrogens with zero attached hydrogens (tertiary/aromatic N) is 4. The van der Waals surface area contributed by atoms with Gasteiger partial charge in [0, 0.05) is 34.5 Å². The van der Waals surface area contributed by atoms with Crippen molar-refractivity contribution in [2.24, 2.45) is 5.92 Å². The molecule has 0 saturated carbocycles. The standard InChI is InChI=1S/C46H48N4O.Pt/c1-7-8-10-14-32(4)37-21-24-43-42(28-37)41-23-22-40(30-44(41)49(43)45-27-35(25-26-47-45)20-19-31(2)3)51-39-18-13-17-38(29-39)50-34(6)46(33(5)48-50)36-15-11-9-12-16-36;/h9,11-13,15-18,21-28,31-32H,7-8,10,14,19-20H2,1-6H3;/q-2;+2. The number of aromatic nitrogens is 4. The van der Waals surface area contributed by atoms with Crippen molar-refractivity contribution in [3.8, 4) is 34.1 Å². The largest absolute Gasteiger partial charge is 2.00 e. The van der Waals surface area contributed by atoms with E-state index in [1.165, 1.54) is 42.2 Å². The summed E-state index contributed by atoms with van der Waals surface area (Å²) >= 11 is 0. The molecule has 0 amide bonds. The van der Waals surface area contributed by atoms with Gasteiger partial charge in [0.15, 0.2) is 0 Å². The molecule has 7 aromatic rings. The number of aryl methyl sites for hydroxylation is 2. The van der Waals surface area contributed by atoms with Crippen LogP contribution in [-0.4, -0.2) is 19.3 Å². The summed E-state index contributed by atoms with van der Waals surface area (Å²) in [4.78, 5) is 4.90. The normalized spacial score (nSPS) is 12.1. The second kappa shape index (κ2) is 16.5. The zero-order valence-electron chi connectivity index (χ0n) is 31.1. The van der Waals surface area contributed by atoms with E-state index in [0.29, 0.717) is 23.3 Å². The van der Waals surface area contributed by atoms with Crippen LogP contribution in [0, 0.1) is 31.9 Å². The molecule has 268 valence electrons. The number of ether oxygens (including phenoxy) is 1. The second-order valence-electron chi connectivity index (χ2n) is 14.4. The first-order valence-corrected chi connectivity index (χ1v) is 18.6. The maximum Gasteiger partial charge on any atom is 2.00 e. The molecule has 7 rings (SSSR count). The molecule has 52 heavy (non-hydrogen) atoms. The number of rotatable bonds is 13. The van der Waals surface area contributed by atoms with Gasteiger partial charge < -0.3 is 9.30 Å². The van der Waals surface area contributed by atoms with Crippen molar-refractivity contribution in [2.45, 2.75) is 86.0 Å². The first kappa shape index (κ1) is 37.3. The summed E-state index contributed by atoms with van der Waals surface area (Å²) in [5, 5.41) is 7.26. The van der Waals surface area contributed by atoms with Crippen LogP contribution in [0.3, 0.4) is 0 Å². The van der Waals surface area contributed by atoms with Crippen LogP contribution >= 0.6 is 0 Å². The van der Waals surface area contributed by atoms with Crippen molar-refractivity contribution >= 4 is 21.8 Å². The van der Waals surface area contributed by atoms with Crippen LogP contribution in [0.15, 0.2) is 97.2 Å². The van der Waals surface area contributed by atoms with Gasteiger partial charge in [-0.05, 0) is 90.9 Å². The van der Waals surface area contributed by atoms with Crippen LogP contribution < -0.4 is 4.74 Å². The molecule has 1 unspecified atom stereocenters. The number of pyridine rings is 1. The maximum absolute atomic E-state index is 6.52. The van der Waals surface area contributed by atoms with Gasteiger partial charge in [-0.1, -0.05) is 94.9 Å². The summed E-state index contributed by atoms with van der Waals surface area (Å²) in [7, 11) is 0. The fraction of sp³-hybridized carbons (Fsp3) is 0.304. The van der Waals surface area contributed by atoms with Gasteiger partial charge in [-0.2, -0.15) is 17.2 Å². The fourth-order valence-corrected chi connectivity index (χ4v) is 7.24. The van der Waals surface area contributed by atoms with Crippen molar-refractivity contribution in [3.63, 3.8) is 0 Å². The molecule has 0 aliphatic carbocycles. The number of unbranched alkanes of at least 4 members (excludes halogenated alkanes) is 2. The van der Waals surface area contributed by atoms with Gasteiger partial charge in [0.1, 0.15) is 5.82 Å². The zero-order chi connectivity index (χ0) is 35.5. The summed E-state index contributed by atoms with van der Waals surface area (Å²) in [6.07, 6.45) is 9.07. The predicted molar refractivity (Wildman–Crippen MR) is 211 cm³/mol. The number of fused-ring (bicyclic) bond motifs is 3. The van der Waals surface area contributed by atoms with Gasteiger partial charge >= 0.3 is 21.1 Å². The third-order valence-electron chi connectivity index (χ3n) is 10.1. The molecule has 0 spiro atoms. The minimum absolute atomic E-state index is 0. The molecule has 5 nitrogen and oxygen atoms in total. The first-order valence-electron chi connectivity index (χ1n) is 18.6. The van der Waals surface area contributed by atoms with Crippen LogP contribution in [0.4, 0.5) is 0 Å². The Bertz CT molecular complexity index is 2280. The van der Waals surface area contributed by atoms with Gasteiger partial charge in [-0.3, -0.25) is 4.68 Å². The summed E-state index contributed by atoms with van der Waals surface area (Å²) in [6, 6.07) is 39.0. The predicted octanol–water partition coefficient (Wildman–Crippen LogP) is 12.3. The summed E-state index contributed by atoms with van der Waals surface area (Å²) in [6.45, 7) is 13.3. The summed E-state index contributed by atoms with van der Waals surface area (Å²) in [5.74, 6) is 3.28. The molecule has 6 heteroatoms. The Labute approximate surface area is 323 Å². The molecule has 3 aromatic heterocycles. The van der Waals surface area contributed by atoms with Crippen LogP contribution in [0.2, 0.25) is 0 Å². The summed E-state index contributed by atoms with van der Waals surface area (Å²) in [5.41, 5.74) is 9.92. The molecule has 0 fully saturated rings.